The molecule has 0 fully saturated rings. The average Bonchev–Trinajstić information content (AvgIpc) is 2.42. The van der Waals surface area contributed by atoms with E-state index < -0.39 is 0 Å². The maximum absolute atomic E-state index is 2.31. The minimum Gasteiger partial charge on any atom is -1.00 e. The Kier molecular flexibility index (Phi) is 7.75. The van der Waals surface area contributed by atoms with Gasteiger partial charge in [-0.2, -0.15) is 0 Å². The molecule has 0 aliphatic rings. The summed E-state index contributed by atoms with van der Waals surface area (Å²) in [7, 11) is 0. The first-order valence-corrected chi connectivity index (χ1v) is 7.36. The van der Waals surface area contributed by atoms with E-state index in [4.69, 9.17) is 0 Å². The maximum Gasteiger partial charge on any atom is 1.00 e. The molecular weight excluding hydrogens is 239 g/mol. The van der Waals surface area contributed by atoms with Crippen molar-refractivity contribution in [1.82, 2.24) is 0 Å². The second-order valence-electron chi connectivity index (χ2n) is 5.14. The van der Waals surface area contributed by atoms with Crippen molar-refractivity contribution in [3.8, 4) is 0 Å². The molecule has 0 aliphatic heterocycles. The van der Waals surface area contributed by atoms with Crippen LogP contribution in [0.4, 0.5) is 0 Å². The van der Waals surface area contributed by atoms with Crippen LogP contribution in [0.2, 0.25) is 0 Å². The summed E-state index contributed by atoms with van der Waals surface area (Å²) in [6, 6.07) is 13.5. The van der Waals surface area contributed by atoms with Crippen LogP contribution in [0, 0.1) is 0 Å². The third-order valence-electron chi connectivity index (χ3n) is 3.68. The average molecular weight is 264 g/mol. The smallest absolute Gasteiger partial charge is 1.00 e. The van der Waals surface area contributed by atoms with Crippen LogP contribution in [-0.2, 0) is 12.8 Å². The molecule has 2 rings (SSSR count). The van der Waals surface area contributed by atoms with Crippen LogP contribution < -0.4 is 29.6 Å². The molecule has 0 saturated heterocycles. The summed E-state index contributed by atoms with van der Waals surface area (Å²) < 4.78 is 0. The van der Waals surface area contributed by atoms with Gasteiger partial charge in [-0.3, -0.25) is 0 Å². The van der Waals surface area contributed by atoms with Gasteiger partial charge in [0.2, 0.25) is 0 Å². The number of rotatable bonds is 6. The summed E-state index contributed by atoms with van der Waals surface area (Å²) in [5.74, 6) is 0. The molecule has 0 atom stereocenters. The van der Waals surface area contributed by atoms with Crippen LogP contribution >= 0.6 is 0 Å². The van der Waals surface area contributed by atoms with Crippen LogP contribution in [0.15, 0.2) is 36.4 Å². The van der Waals surface area contributed by atoms with Crippen molar-refractivity contribution in [1.29, 1.82) is 0 Å². The number of hydrogen-bond donors (Lipinski definition) is 0. The Morgan fingerprint density at radius 2 is 1.26 bits per heavy atom. The van der Waals surface area contributed by atoms with Gasteiger partial charge in [0.05, 0.1) is 0 Å². The first kappa shape index (κ1) is 16.8. The monoisotopic (exact) mass is 264 g/mol. The van der Waals surface area contributed by atoms with Crippen molar-refractivity contribution in [2.45, 2.75) is 52.4 Å². The van der Waals surface area contributed by atoms with Gasteiger partial charge < -0.3 is 1.43 Å². The predicted molar refractivity (Wildman–Crippen MR) is 82.3 cm³/mol. The Morgan fingerprint density at radius 1 is 0.789 bits per heavy atom. The van der Waals surface area contributed by atoms with Crippen LogP contribution in [0.1, 0.15) is 52.1 Å². The Bertz CT molecular complexity index is 465. The van der Waals surface area contributed by atoms with Crippen molar-refractivity contribution in [2.24, 2.45) is 0 Å². The minimum absolute atomic E-state index is 0. The summed E-state index contributed by atoms with van der Waals surface area (Å²) >= 11 is 0. The van der Waals surface area contributed by atoms with E-state index in [1.807, 2.05) is 0 Å². The van der Waals surface area contributed by atoms with Gasteiger partial charge in [0.25, 0.3) is 0 Å². The molecule has 0 radical (unpaired) electrons. The summed E-state index contributed by atoms with van der Waals surface area (Å²) in [5, 5.41) is 2.94. The van der Waals surface area contributed by atoms with E-state index in [9.17, 15) is 0 Å². The first-order valence-electron chi connectivity index (χ1n) is 7.36. The van der Waals surface area contributed by atoms with Crippen LogP contribution in [0.3, 0.4) is 0 Å². The molecule has 0 heterocycles. The Morgan fingerprint density at radius 3 is 1.68 bits per heavy atom. The van der Waals surface area contributed by atoms with Crippen molar-refractivity contribution in [3.05, 3.63) is 47.5 Å². The van der Waals surface area contributed by atoms with Crippen molar-refractivity contribution >= 4 is 10.8 Å². The fourth-order valence-corrected chi connectivity index (χ4v) is 2.65. The normalized spacial score (nSPS) is 10.4. The number of fused-ring (bicyclic) bond motifs is 1. The maximum atomic E-state index is 2.31. The van der Waals surface area contributed by atoms with E-state index >= 15 is 0 Å². The molecule has 19 heavy (non-hydrogen) atoms. The van der Waals surface area contributed by atoms with E-state index in [1.165, 1.54) is 49.3 Å². The molecule has 0 spiro atoms. The molecule has 2 aromatic carbocycles. The van der Waals surface area contributed by atoms with E-state index in [2.05, 4.69) is 50.2 Å². The molecule has 0 aromatic heterocycles. The molecule has 0 N–H and O–H groups in total. The molecule has 98 valence electrons. The number of benzene rings is 2. The summed E-state index contributed by atoms with van der Waals surface area (Å²) in [6.07, 6.45) is 7.57. The Balaban J connectivity index is 0.00000180. The fraction of sp³-hybridized carbons (Fsp3) is 0.444. The van der Waals surface area contributed by atoms with Gasteiger partial charge in [-0.1, -0.05) is 63.1 Å². The second kappa shape index (κ2) is 8.79. The zero-order chi connectivity index (χ0) is 12.8. The largest absolute Gasteiger partial charge is 1.00 e. The van der Waals surface area contributed by atoms with Gasteiger partial charge in [-0.15, -0.1) is 0 Å². The van der Waals surface area contributed by atoms with Gasteiger partial charge in [0, 0.05) is 0 Å². The number of unbranched alkanes of at least 4 members (excludes halogenated alkanes) is 2. The standard InChI is InChI=1S/C18H24.Na.H/c1-3-5-9-15-11-7-13-17-14-8-12-16(18(15)17)10-6-4-2;;/h7-8,11-14H,3-6,9-10H2,1-2H3;;/q;+1;-1. The Labute approximate surface area is 141 Å². The van der Waals surface area contributed by atoms with Crippen molar-refractivity contribution < 1.29 is 31.0 Å². The zero-order valence-electron chi connectivity index (χ0n) is 13.7. The molecule has 0 unspecified atom stereocenters. The number of aryl methyl sites for hydroxylation is 2. The molecule has 0 bridgehead atoms. The molecule has 0 saturated carbocycles. The van der Waals surface area contributed by atoms with Crippen molar-refractivity contribution in [3.63, 3.8) is 0 Å². The van der Waals surface area contributed by atoms with Crippen molar-refractivity contribution in [2.75, 3.05) is 0 Å². The van der Waals surface area contributed by atoms with Gasteiger partial charge in [-0.05, 0) is 47.6 Å². The third kappa shape index (κ3) is 4.34. The summed E-state index contributed by atoms with van der Waals surface area (Å²) in [4.78, 5) is 0. The van der Waals surface area contributed by atoms with E-state index in [1.54, 1.807) is 11.1 Å². The van der Waals surface area contributed by atoms with Crippen LogP contribution in [0.5, 0.6) is 0 Å². The number of hydrogen-bond acceptors (Lipinski definition) is 0. The van der Waals surface area contributed by atoms with E-state index in [-0.39, 0.29) is 31.0 Å². The molecular formula is C18H25Na. The quantitative estimate of drug-likeness (QED) is 0.704. The fourth-order valence-electron chi connectivity index (χ4n) is 2.65. The second-order valence-corrected chi connectivity index (χ2v) is 5.14. The topological polar surface area (TPSA) is 0 Å². The summed E-state index contributed by atoms with van der Waals surface area (Å²) in [6.45, 7) is 4.53. The third-order valence-corrected chi connectivity index (χ3v) is 3.68. The van der Waals surface area contributed by atoms with E-state index in [0.717, 1.165) is 0 Å². The minimum atomic E-state index is 0. The molecule has 0 aliphatic carbocycles. The van der Waals surface area contributed by atoms with Gasteiger partial charge in [0.15, 0.2) is 0 Å². The van der Waals surface area contributed by atoms with Crippen LogP contribution in [0.25, 0.3) is 10.8 Å². The Hall–Kier alpha value is -0.300. The molecule has 2 aromatic rings. The first-order chi connectivity index (χ1) is 8.86. The summed E-state index contributed by atoms with van der Waals surface area (Å²) in [5.41, 5.74) is 3.09. The van der Waals surface area contributed by atoms with Gasteiger partial charge in [-0.25, -0.2) is 0 Å². The molecule has 0 amide bonds. The zero-order valence-corrected chi connectivity index (χ0v) is 14.7. The van der Waals surface area contributed by atoms with Crippen LogP contribution in [-0.4, -0.2) is 0 Å². The van der Waals surface area contributed by atoms with E-state index in [0.29, 0.717) is 0 Å². The van der Waals surface area contributed by atoms with Gasteiger partial charge in [0.1, 0.15) is 0 Å². The molecule has 1 heteroatoms. The SMILES string of the molecule is CCCCc1cccc2cccc(CCCC)c12.[H-].[Na+]. The van der Waals surface area contributed by atoms with Gasteiger partial charge >= 0.3 is 29.6 Å². The predicted octanol–water partition coefficient (Wildman–Crippen LogP) is 2.64. The molecule has 0 nitrogen and oxygen atoms in total.